The van der Waals surface area contributed by atoms with E-state index in [1.807, 2.05) is 62.9 Å². The van der Waals surface area contributed by atoms with Crippen LogP contribution in [-0.2, 0) is 11.3 Å². The molecule has 1 heterocycles. The molecule has 0 aliphatic carbocycles. The number of ether oxygens (including phenoxy) is 2. The molecule has 0 unspecified atom stereocenters. The molecule has 1 amide bonds. The molecule has 0 aromatic heterocycles. The van der Waals surface area contributed by atoms with Gasteiger partial charge in [-0.05, 0) is 75.6 Å². The second kappa shape index (κ2) is 9.53. The molecule has 4 nitrogen and oxygen atoms in total. The Morgan fingerprint density at radius 1 is 1.14 bits per heavy atom. The predicted molar refractivity (Wildman–Crippen MR) is 114 cm³/mol. The van der Waals surface area contributed by atoms with Crippen LogP contribution >= 0.6 is 11.8 Å². The first-order chi connectivity index (χ1) is 13.8. The van der Waals surface area contributed by atoms with Crippen LogP contribution in [0.1, 0.15) is 39.2 Å². The summed E-state index contributed by atoms with van der Waals surface area (Å²) in [5, 5.41) is 0.479. The molecular formula is C23H28FNO3S. The van der Waals surface area contributed by atoms with E-state index in [0.29, 0.717) is 11.9 Å². The number of amides is 1. The van der Waals surface area contributed by atoms with Crippen LogP contribution in [0.3, 0.4) is 0 Å². The van der Waals surface area contributed by atoms with E-state index in [9.17, 15) is 9.18 Å². The van der Waals surface area contributed by atoms with Crippen molar-refractivity contribution < 1.29 is 18.7 Å². The first-order valence-corrected chi connectivity index (χ1v) is 10.8. The minimum absolute atomic E-state index is 0.222. The van der Waals surface area contributed by atoms with Crippen molar-refractivity contribution in [2.24, 2.45) is 0 Å². The highest BCUT2D eigenvalue weighted by molar-refractivity contribution is 8.00. The maximum atomic E-state index is 13.2. The highest BCUT2D eigenvalue weighted by Crippen LogP contribution is 2.32. The number of thioether (sulfide) groups is 1. The molecule has 0 spiro atoms. The third-order valence-corrected chi connectivity index (χ3v) is 5.86. The summed E-state index contributed by atoms with van der Waals surface area (Å²) in [6.07, 6.45) is 1.67. The number of rotatable bonds is 5. The van der Waals surface area contributed by atoms with Crippen molar-refractivity contribution in [3.63, 3.8) is 0 Å². The van der Waals surface area contributed by atoms with Crippen molar-refractivity contribution in [1.82, 2.24) is 4.90 Å². The van der Waals surface area contributed by atoms with E-state index in [2.05, 4.69) is 0 Å². The van der Waals surface area contributed by atoms with Gasteiger partial charge in [-0.2, -0.15) is 0 Å². The average Bonchev–Trinajstić information content (AvgIpc) is 2.67. The molecule has 0 atom stereocenters. The molecule has 3 rings (SSSR count). The van der Waals surface area contributed by atoms with E-state index in [1.54, 1.807) is 11.0 Å². The third kappa shape index (κ3) is 6.96. The fourth-order valence-corrected chi connectivity index (χ4v) is 4.21. The Balaban J connectivity index is 1.44. The summed E-state index contributed by atoms with van der Waals surface area (Å²) in [6, 6.07) is 14.4. The zero-order valence-electron chi connectivity index (χ0n) is 17.2. The first kappa shape index (κ1) is 21.5. The van der Waals surface area contributed by atoms with Gasteiger partial charge in [-0.1, -0.05) is 12.1 Å². The van der Waals surface area contributed by atoms with Crippen LogP contribution in [0.15, 0.2) is 53.4 Å². The Hall–Kier alpha value is -2.21. The molecule has 0 saturated carbocycles. The fraction of sp³-hybridized carbons (Fsp3) is 0.435. The number of carbonyl (C=O) groups excluding carboxylic acids is 1. The second-order valence-corrected chi connectivity index (χ2v) is 9.55. The number of likely N-dealkylation sites (tertiary alicyclic amines) is 1. The van der Waals surface area contributed by atoms with Crippen LogP contribution in [0.4, 0.5) is 9.18 Å². The Morgan fingerprint density at radius 2 is 1.83 bits per heavy atom. The van der Waals surface area contributed by atoms with Gasteiger partial charge in [-0.3, -0.25) is 0 Å². The van der Waals surface area contributed by atoms with Crippen LogP contribution in [0.25, 0.3) is 0 Å². The molecule has 1 saturated heterocycles. The maximum absolute atomic E-state index is 13.2. The summed E-state index contributed by atoms with van der Waals surface area (Å²) in [6.45, 7) is 7.45. The minimum atomic E-state index is -0.457. The van der Waals surface area contributed by atoms with Crippen LogP contribution < -0.4 is 4.74 Å². The Bertz CT molecular complexity index is 812. The van der Waals surface area contributed by atoms with Gasteiger partial charge >= 0.3 is 6.09 Å². The van der Waals surface area contributed by atoms with Crippen molar-refractivity contribution in [3.05, 3.63) is 59.9 Å². The Kier molecular flexibility index (Phi) is 7.06. The summed E-state index contributed by atoms with van der Waals surface area (Å²) in [4.78, 5) is 15.1. The maximum Gasteiger partial charge on any atom is 0.410 e. The van der Waals surface area contributed by atoms with Crippen LogP contribution in [0, 0.1) is 5.82 Å². The molecule has 2 aromatic rings. The number of carbonyl (C=O) groups is 1. The summed E-state index contributed by atoms with van der Waals surface area (Å²) < 4.78 is 24.4. The van der Waals surface area contributed by atoms with Gasteiger partial charge in [0.25, 0.3) is 0 Å². The molecule has 29 heavy (non-hydrogen) atoms. The van der Waals surface area contributed by atoms with Crippen molar-refractivity contribution in [3.8, 4) is 5.75 Å². The standard InChI is InChI=1S/C23H28FNO3S/c1-23(2,3)28-22(26)25-13-11-21(12-14-25)29-20-9-7-19(8-10-20)27-16-17-5-4-6-18(24)15-17/h4-10,15,21H,11-14,16H2,1-3H3. The lowest BCUT2D eigenvalue weighted by molar-refractivity contribution is 0.0219. The van der Waals surface area contributed by atoms with Gasteiger partial charge in [-0.25, -0.2) is 9.18 Å². The first-order valence-electron chi connectivity index (χ1n) is 9.90. The van der Waals surface area contributed by atoms with E-state index < -0.39 is 5.60 Å². The molecule has 0 N–H and O–H groups in total. The van der Waals surface area contributed by atoms with Crippen LogP contribution in [-0.4, -0.2) is 34.9 Å². The largest absolute Gasteiger partial charge is 0.489 e. The molecular weight excluding hydrogens is 389 g/mol. The lowest BCUT2D eigenvalue weighted by Crippen LogP contribution is -2.42. The van der Waals surface area contributed by atoms with E-state index in [1.165, 1.54) is 17.0 Å². The quantitative estimate of drug-likeness (QED) is 0.607. The molecule has 1 aliphatic rings. The van der Waals surface area contributed by atoms with Crippen molar-refractivity contribution >= 4 is 17.9 Å². The summed E-state index contributed by atoms with van der Waals surface area (Å²) in [5.74, 6) is 0.508. The topological polar surface area (TPSA) is 38.8 Å². The van der Waals surface area contributed by atoms with E-state index in [0.717, 1.165) is 37.2 Å². The second-order valence-electron chi connectivity index (χ2n) is 8.17. The van der Waals surface area contributed by atoms with E-state index in [-0.39, 0.29) is 11.9 Å². The minimum Gasteiger partial charge on any atom is -0.489 e. The fourth-order valence-electron chi connectivity index (χ4n) is 3.08. The Morgan fingerprint density at radius 3 is 2.45 bits per heavy atom. The van der Waals surface area contributed by atoms with Gasteiger partial charge in [0.15, 0.2) is 0 Å². The number of hydrogen-bond donors (Lipinski definition) is 0. The third-order valence-electron chi connectivity index (χ3n) is 4.51. The predicted octanol–water partition coefficient (Wildman–Crippen LogP) is 5.90. The zero-order chi connectivity index (χ0) is 20.9. The van der Waals surface area contributed by atoms with Gasteiger partial charge in [0, 0.05) is 23.2 Å². The highest BCUT2D eigenvalue weighted by atomic mass is 32.2. The van der Waals surface area contributed by atoms with Crippen molar-refractivity contribution in [2.75, 3.05) is 13.1 Å². The number of halogens is 1. The SMILES string of the molecule is CC(C)(C)OC(=O)N1CCC(Sc2ccc(OCc3cccc(F)c3)cc2)CC1. The molecule has 0 radical (unpaired) electrons. The van der Waals surface area contributed by atoms with E-state index in [4.69, 9.17) is 9.47 Å². The van der Waals surface area contributed by atoms with Gasteiger partial charge in [-0.15, -0.1) is 11.8 Å². The van der Waals surface area contributed by atoms with Crippen molar-refractivity contribution in [2.45, 2.75) is 56.0 Å². The monoisotopic (exact) mass is 417 g/mol. The van der Waals surface area contributed by atoms with Crippen LogP contribution in [0.5, 0.6) is 5.75 Å². The lowest BCUT2D eigenvalue weighted by Gasteiger charge is -2.33. The van der Waals surface area contributed by atoms with E-state index >= 15 is 0 Å². The summed E-state index contributed by atoms with van der Waals surface area (Å²) in [7, 11) is 0. The number of hydrogen-bond acceptors (Lipinski definition) is 4. The summed E-state index contributed by atoms with van der Waals surface area (Å²) in [5.41, 5.74) is 0.349. The molecule has 1 fully saturated rings. The van der Waals surface area contributed by atoms with Gasteiger partial charge < -0.3 is 14.4 Å². The molecule has 6 heteroatoms. The molecule has 2 aromatic carbocycles. The number of piperidine rings is 1. The summed E-state index contributed by atoms with van der Waals surface area (Å²) >= 11 is 1.83. The number of nitrogens with zero attached hydrogens (tertiary/aromatic N) is 1. The average molecular weight is 418 g/mol. The van der Waals surface area contributed by atoms with Gasteiger partial charge in [0.1, 0.15) is 23.8 Å². The van der Waals surface area contributed by atoms with Crippen LogP contribution in [0.2, 0.25) is 0 Å². The van der Waals surface area contributed by atoms with Gasteiger partial charge in [0.05, 0.1) is 0 Å². The highest BCUT2D eigenvalue weighted by Gasteiger charge is 2.27. The smallest absolute Gasteiger partial charge is 0.410 e. The Labute approximate surface area is 176 Å². The van der Waals surface area contributed by atoms with Crippen molar-refractivity contribution in [1.29, 1.82) is 0 Å². The lowest BCUT2D eigenvalue weighted by atomic mass is 10.1. The molecule has 0 bridgehead atoms. The van der Waals surface area contributed by atoms with Gasteiger partial charge in [0.2, 0.25) is 0 Å². The number of benzene rings is 2. The zero-order valence-corrected chi connectivity index (χ0v) is 18.0. The normalized spacial score (nSPS) is 15.2. The molecule has 1 aliphatic heterocycles. The molecule has 156 valence electrons.